The van der Waals surface area contributed by atoms with Crippen molar-refractivity contribution in [3.05, 3.63) is 29.3 Å². The Kier molecular flexibility index (Phi) is 3.89. The second-order valence-corrected chi connectivity index (χ2v) is 6.66. The van der Waals surface area contributed by atoms with Crippen molar-refractivity contribution in [1.29, 1.82) is 0 Å². The van der Waals surface area contributed by atoms with E-state index in [2.05, 4.69) is 23.7 Å². The molecule has 2 aliphatic heterocycles. The van der Waals surface area contributed by atoms with Gasteiger partial charge in [-0.05, 0) is 42.5 Å². The standard InChI is InChI=1S/C16H20ClN3O/c1-11-7-12(2)9-19(8-11)15-10-20(16(21)18-15)14-5-3-13(17)4-6-14/h3-6,11-12H,7-10H2,1-2H3. The molecule has 0 aromatic heterocycles. The maximum absolute atomic E-state index is 12.2. The molecular formula is C16H20ClN3O. The number of benzene rings is 1. The third kappa shape index (κ3) is 3.05. The number of hydrogen-bond acceptors (Lipinski definition) is 2. The number of rotatable bonds is 1. The molecule has 1 saturated heterocycles. The number of halogens is 1. The Bertz CT molecular complexity index is 559. The lowest BCUT2D eigenvalue weighted by Crippen LogP contribution is -2.44. The Morgan fingerprint density at radius 1 is 1.14 bits per heavy atom. The van der Waals surface area contributed by atoms with Gasteiger partial charge in [-0.1, -0.05) is 25.4 Å². The zero-order valence-corrected chi connectivity index (χ0v) is 13.2. The summed E-state index contributed by atoms with van der Waals surface area (Å²) in [7, 11) is 0. The molecule has 1 fully saturated rings. The van der Waals surface area contributed by atoms with Crippen molar-refractivity contribution in [2.45, 2.75) is 20.3 Å². The second-order valence-electron chi connectivity index (χ2n) is 6.22. The van der Waals surface area contributed by atoms with Crippen molar-refractivity contribution in [3.8, 4) is 0 Å². The molecule has 4 nitrogen and oxygen atoms in total. The number of amides is 2. The van der Waals surface area contributed by atoms with Gasteiger partial charge in [0, 0.05) is 23.8 Å². The zero-order chi connectivity index (χ0) is 15.0. The van der Waals surface area contributed by atoms with Gasteiger partial charge in [0.25, 0.3) is 0 Å². The van der Waals surface area contributed by atoms with Crippen LogP contribution >= 0.6 is 11.6 Å². The highest BCUT2D eigenvalue weighted by molar-refractivity contribution is 6.30. The van der Waals surface area contributed by atoms with Gasteiger partial charge in [-0.25, -0.2) is 4.79 Å². The molecule has 0 spiro atoms. The van der Waals surface area contributed by atoms with Gasteiger partial charge in [0.05, 0.1) is 6.54 Å². The summed E-state index contributed by atoms with van der Waals surface area (Å²) in [5, 5.41) is 0.671. The second kappa shape index (κ2) is 5.68. The third-order valence-electron chi connectivity index (χ3n) is 4.13. The molecule has 1 aromatic rings. The van der Waals surface area contributed by atoms with E-state index >= 15 is 0 Å². The van der Waals surface area contributed by atoms with E-state index in [9.17, 15) is 4.79 Å². The van der Waals surface area contributed by atoms with Crippen LogP contribution in [0.25, 0.3) is 0 Å². The van der Waals surface area contributed by atoms with Crippen molar-refractivity contribution in [3.63, 3.8) is 0 Å². The van der Waals surface area contributed by atoms with Crippen LogP contribution in [0.1, 0.15) is 20.3 Å². The predicted octanol–water partition coefficient (Wildman–Crippen LogP) is 3.66. The van der Waals surface area contributed by atoms with Gasteiger partial charge in [-0.3, -0.25) is 4.90 Å². The van der Waals surface area contributed by atoms with Crippen LogP contribution in [0.4, 0.5) is 10.5 Å². The lowest BCUT2D eigenvalue weighted by atomic mass is 9.92. The normalized spacial score (nSPS) is 26.2. The van der Waals surface area contributed by atoms with Crippen LogP contribution in [0.3, 0.4) is 0 Å². The summed E-state index contributed by atoms with van der Waals surface area (Å²) in [6.07, 6.45) is 1.25. The molecule has 2 aliphatic rings. The van der Waals surface area contributed by atoms with Crippen LogP contribution in [0.15, 0.2) is 29.3 Å². The van der Waals surface area contributed by atoms with E-state index < -0.39 is 0 Å². The number of likely N-dealkylation sites (tertiary alicyclic amines) is 1. The number of hydrogen-bond donors (Lipinski definition) is 0. The molecule has 2 amide bonds. The van der Waals surface area contributed by atoms with Crippen LogP contribution in [0, 0.1) is 11.8 Å². The Labute approximate surface area is 130 Å². The van der Waals surface area contributed by atoms with Crippen molar-refractivity contribution in [1.82, 2.24) is 4.90 Å². The van der Waals surface area contributed by atoms with Crippen LogP contribution in [-0.2, 0) is 0 Å². The van der Waals surface area contributed by atoms with E-state index in [4.69, 9.17) is 11.6 Å². The van der Waals surface area contributed by atoms with E-state index in [1.807, 2.05) is 12.1 Å². The number of carbonyl (C=O) groups is 1. The van der Waals surface area contributed by atoms with E-state index in [0.29, 0.717) is 23.4 Å². The number of nitrogens with zero attached hydrogens (tertiary/aromatic N) is 3. The van der Waals surface area contributed by atoms with Crippen LogP contribution in [0.2, 0.25) is 5.02 Å². The summed E-state index contributed by atoms with van der Waals surface area (Å²) in [6, 6.07) is 7.14. The molecule has 1 aromatic carbocycles. The molecule has 3 rings (SSSR count). The van der Waals surface area contributed by atoms with Gasteiger partial charge in [0.15, 0.2) is 0 Å². The molecule has 0 radical (unpaired) electrons. The van der Waals surface area contributed by atoms with Crippen LogP contribution < -0.4 is 4.90 Å². The molecule has 2 atom stereocenters. The van der Waals surface area contributed by atoms with Crippen molar-refractivity contribution < 1.29 is 4.79 Å². The van der Waals surface area contributed by atoms with Gasteiger partial charge in [0.2, 0.25) is 0 Å². The minimum absolute atomic E-state index is 0.182. The average molecular weight is 306 g/mol. The highest BCUT2D eigenvalue weighted by Crippen LogP contribution is 2.25. The monoisotopic (exact) mass is 305 g/mol. The fourth-order valence-corrected chi connectivity index (χ4v) is 3.41. The Hall–Kier alpha value is -1.55. The smallest absolute Gasteiger partial charge is 0.350 e. The summed E-state index contributed by atoms with van der Waals surface area (Å²) in [4.78, 5) is 20.4. The molecule has 21 heavy (non-hydrogen) atoms. The first-order chi connectivity index (χ1) is 10.0. The molecule has 2 unspecified atom stereocenters. The highest BCUT2D eigenvalue weighted by Gasteiger charge is 2.31. The van der Waals surface area contributed by atoms with Gasteiger partial charge < -0.3 is 4.90 Å². The first-order valence-electron chi connectivity index (χ1n) is 7.42. The number of urea groups is 1. The number of anilines is 1. The Morgan fingerprint density at radius 2 is 1.76 bits per heavy atom. The first-order valence-corrected chi connectivity index (χ1v) is 7.80. The van der Waals surface area contributed by atoms with E-state index in [0.717, 1.165) is 24.6 Å². The average Bonchev–Trinajstić information content (AvgIpc) is 2.81. The van der Waals surface area contributed by atoms with Crippen molar-refractivity contribution in [2.24, 2.45) is 16.8 Å². The number of carbonyl (C=O) groups excluding carboxylic acids is 1. The SMILES string of the molecule is CC1CC(C)CN(C2=NC(=O)N(c3ccc(Cl)cc3)C2)C1. The maximum Gasteiger partial charge on any atom is 0.350 e. The Morgan fingerprint density at radius 3 is 2.38 bits per heavy atom. The molecule has 0 bridgehead atoms. The van der Waals surface area contributed by atoms with Gasteiger partial charge >= 0.3 is 6.03 Å². The lowest BCUT2D eigenvalue weighted by molar-refractivity contribution is 0.212. The molecule has 5 heteroatoms. The molecule has 2 heterocycles. The first kappa shape index (κ1) is 14.4. The number of amidine groups is 1. The van der Waals surface area contributed by atoms with Crippen molar-refractivity contribution in [2.75, 3.05) is 24.5 Å². The minimum atomic E-state index is -0.182. The summed E-state index contributed by atoms with van der Waals surface area (Å²) < 4.78 is 0. The van der Waals surface area contributed by atoms with E-state index in [1.165, 1.54) is 6.42 Å². The topological polar surface area (TPSA) is 35.9 Å². The molecule has 112 valence electrons. The van der Waals surface area contributed by atoms with E-state index in [1.54, 1.807) is 17.0 Å². The minimum Gasteiger partial charge on any atom is -0.358 e. The third-order valence-corrected chi connectivity index (χ3v) is 4.38. The van der Waals surface area contributed by atoms with Gasteiger partial charge in [-0.15, -0.1) is 0 Å². The summed E-state index contributed by atoms with van der Waals surface area (Å²) in [5.41, 5.74) is 0.848. The summed E-state index contributed by atoms with van der Waals surface area (Å²) >= 11 is 5.90. The predicted molar refractivity (Wildman–Crippen MR) is 86.1 cm³/mol. The quantitative estimate of drug-likeness (QED) is 0.794. The number of piperidine rings is 1. The molecule has 0 N–H and O–H groups in total. The van der Waals surface area contributed by atoms with E-state index in [-0.39, 0.29) is 6.03 Å². The largest absolute Gasteiger partial charge is 0.358 e. The Balaban J connectivity index is 1.74. The summed E-state index contributed by atoms with van der Waals surface area (Å²) in [5.74, 6) is 2.20. The molecular weight excluding hydrogens is 286 g/mol. The van der Waals surface area contributed by atoms with Crippen LogP contribution in [0.5, 0.6) is 0 Å². The highest BCUT2D eigenvalue weighted by atomic mass is 35.5. The zero-order valence-electron chi connectivity index (χ0n) is 12.4. The maximum atomic E-state index is 12.2. The van der Waals surface area contributed by atoms with Crippen molar-refractivity contribution >= 4 is 29.2 Å². The summed E-state index contributed by atoms with van der Waals surface area (Å²) in [6.45, 7) is 7.06. The van der Waals surface area contributed by atoms with Gasteiger partial charge in [-0.2, -0.15) is 4.99 Å². The molecule has 0 aliphatic carbocycles. The fourth-order valence-electron chi connectivity index (χ4n) is 3.28. The number of aliphatic imine (C=N–C) groups is 1. The van der Waals surface area contributed by atoms with Crippen LogP contribution in [-0.4, -0.2) is 36.4 Å². The fraction of sp³-hybridized carbons (Fsp3) is 0.500. The lowest BCUT2D eigenvalue weighted by Gasteiger charge is -2.36. The molecule has 0 saturated carbocycles. The van der Waals surface area contributed by atoms with Gasteiger partial charge in [0.1, 0.15) is 5.84 Å².